The monoisotopic (exact) mass is 524 g/mol. The van der Waals surface area contributed by atoms with E-state index in [1.807, 2.05) is 0 Å². The first-order valence-electron chi connectivity index (χ1n) is 7.35. The van der Waals surface area contributed by atoms with E-state index in [-0.39, 0.29) is 27.6 Å². The first-order chi connectivity index (χ1) is 13.0. The summed E-state index contributed by atoms with van der Waals surface area (Å²) in [5.41, 5.74) is -1.59. The Morgan fingerprint density at radius 2 is 1.54 bits per heavy atom. The zero-order valence-corrected chi connectivity index (χ0v) is 16.8. The average Bonchev–Trinajstić information content (AvgIpc) is 2.90. The number of halogens is 7. The molecular formula is C17H7Br2F5N2O2. The number of rotatable bonds is 2. The van der Waals surface area contributed by atoms with Crippen LogP contribution in [-0.4, -0.2) is 16.7 Å². The summed E-state index contributed by atoms with van der Waals surface area (Å²) in [5.74, 6) is -12.5. The molecule has 2 aromatic carbocycles. The third-order valence-corrected chi connectivity index (χ3v) is 4.88. The zero-order chi connectivity index (χ0) is 20.9. The van der Waals surface area contributed by atoms with Crippen LogP contribution in [0, 0.1) is 29.1 Å². The quantitative estimate of drug-likeness (QED) is 0.246. The number of benzene rings is 2. The Morgan fingerprint density at radius 3 is 2.11 bits per heavy atom. The maximum Gasteiger partial charge on any atom is 0.280 e. The first-order valence-corrected chi connectivity index (χ1v) is 8.94. The van der Waals surface area contributed by atoms with Gasteiger partial charge in [0.25, 0.3) is 5.91 Å². The normalized spacial score (nSPS) is 15.6. The molecule has 0 atom stereocenters. The lowest BCUT2D eigenvalue weighted by Crippen LogP contribution is -2.25. The summed E-state index contributed by atoms with van der Waals surface area (Å²) in [5, 5.41) is 13.8. The van der Waals surface area contributed by atoms with Crippen molar-refractivity contribution in [3.8, 4) is 5.75 Å². The van der Waals surface area contributed by atoms with Crippen LogP contribution in [0.2, 0.25) is 0 Å². The van der Waals surface area contributed by atoms with Crippen LogP contribution in [0.4, 0.5) is 27.6 Å². The van der Waals surface area contributed by atoms with Crippen LogP contribution in [0.15, 0.2) is 31.8 Å². The molecule has 28 heavy (non-hydrogen) atoms. The van der Waals surface area contributed by atoms with Crippen LogP contribution in [-0.2, 0) is 4.79 Å². The summed E-state index contributed by atoms with van der Waals surface area (Å²) >= 11 is 6.32. The van der Waals surface area contributed by atoms with Crippen molar-refractivity contribution in [2.45, 2.75) is 6.92 Å². The minimum Gasteiger partial charge on any atom is -0.506 e. The van der Waals surface area contributed by atoms with Crippen molar-refractivity contribution in [3.05, 3.63) is 61.3 Å². The smallest absolute Gasteiger partial charge is 0.280 e. The van der Waals surface area contributed by atoms with E-state index in [4.69, 9.17) is 0 Å². The molecule has 0 radical (unpaired) electrons. The van der Waals surface area contributed by atoms with E-state index >= 15 is 0 Å². The van der Waals surface area contributed by atoms with Crippen LogP contribution >= 0.6 is 31.9 Å². The number of hydrogen-bond acceptors (Lipinski definition) is 3. The largest absolute Gasteiger partial charge is 0.506 e. The van der Waals surface area contributed by atoms with Gasteiger partial charge in [-0.05, 0) is 41.1 Å². The van der Waals surface area contributed by atoms with Gasteiger partial charge in [0.15, 0.2) is 23.3 Å². The number of phenols is 1. The van der Waals surface area contributed by atoms with E-state index in [2.05, 4.69) is 37.0 Å². The molecule has 0 fully saturated rings. The standard InChI is InChI=1S/C17H7Br2F5N2O2/c1-5-8(3-6-2-7(18)4-9(19)16(6)27)17(28)26(25-5)15-13(23)11(21)10(20)12(22)14(15)24/h2-4,27H,1H3/b8-3+. The van der Waals surface area contributed by atoms with Gasteiger partial charge in [-0.15, -0.1) is 0 Å². The zero-order valence-electron chi connectivity index (χ0n) is 13.6. The summed E-state index contributed by atoms with van der Waals surface area (Å²) in [4.78, 5) is 12.6. The molecule has 0 saturated heterocycles. The van der Waals surface area contributed by atoms with Crippen molar-refractivity contribution in [2.75, 3.05) is 5.01 Å². The minimum atomic E-state index is -2.34. The van der Waals surface area contributed by atoms with E-state index < -0.39 is 40.7 Å². The predicted octanol–water partition coefficient (Wildman–Crippen LogP) is 5.42. The highest BCUT2D eigenvalue weighted by Gasteiger charge is 2.37. The third kappa shape index (κ3) is 3.22. The summed E-state index contributed by atoms with van der Waals surface area (Å²) in [6, 6.07) is 2.99. The second kappa shape index (κ2) is 7.28. The fourth-order valence-corrected chi connectivity index (χ4v) is 3.72. The van der Waals surface area contributed by atoms with Crippen LogP contribution in [0.5, 0.6) is 5.75 Å². The maximum atomic E-state index is 14.0. The Kier molecular flexibility index (Phi) is 5.32. The van der Waals surface area contributed by atoms with Gasteiger partial charge in [-0.2, -0.15) is 10.1 Å². The lowest BCUT2D eigenvalue weighted by atomic mass is 10.1. The number of aromatic hydroxyl groups is 1. The number of nitrogens with zero attached hydrogens (tertiary/aromatic N) is 2. The first kappa shape index (κ1) is 20.5. The van der Waals surface area contributed by atoms with E-state index in [0.717, 1.165) is 0 Å². The molecule has 1 heterocycles. The van der Waals surface area contributed by atoms with Crippen molar-refractivity contribution in [3.63, 3.8) is 0 Å². The SMILES string of the molecule is CC1=NN(c2c(F)c(F)c(F)c(F)c2F)C(=O)/C1=C/c1cc(Br)cc(Br)c1O. The molecule has 2 aromatic rings. The fourth-order valence-electron chi connectivity index (χ4n) is 2.47. The summed E-state index contributed by atoms with van der Waals surface area (Å²) < 4.78 is 69.0. The van der Waals surface area contributed by atoms with Crippen molar-refractivity contribution in [1.29, 1.82) is 0 Å². The Balaban J connectivity index is 2.14. The lowest BCUT2D eigenvalue weighted by Gasteiger charge is -2.15. The summed E-state index contributed by atoms with van der Waals surface area (Å²) in [7, 11) is 0. The number of amides is 1. The van der Waals surface area contributed by atoms with Gasteiger partial charge in [0, 0.05) is 10.0 Å². The molecule has 0 saturated carbocycles. The Morgan fingerprint density at radius 1 is 1.00 bits per heavy atom. The Labute approximate surface area is 171 Å². The van der Waals surface area contributed by atoms with E-state index in [1.54, 1.807) is 0 Å². The number of hydrogen-bond donors (Lipinski definition) is 1. The van der Waals surface area contributed by atoms with Crippen LogP contribution in [0.25, 0.3) is 6.08 Å². The van der Waals surface area contributed by atoms with Gasteiger partial charge in [-0.1, -0.05) is 15.9 Å². The number of hydrazone groups is 1. The lowest BCUT2D eigenvalue weighted by molar-refractivity contribution is -0.114. The number of phenolic OH excluding ortho intramolecular Hbond substituents is 1. The number of carbonyl (C=O) groups excluding carboxylic acids is 1. The Hall–Kier alpha value is -2.27. The van der Waals surface area contributed by atoms with Gasteiger partial charge in [-0.3, -0.25) is 4.79 Å². The summed E-state index contributed by atoms with van der Waals surface area (Å²) in [6.45, 7) is 1.31. The highest BCUT2D eigenvalue weighted by molar-refractivity contribution is 9.11. The van der Waals surface area contributed by atoms with Gasteiger partial charge < -0.3 is 5.11 Å². The average molecular weight is 526 g/mol. The molecular weight excluding hydrogens is 519 g/mol. The van der Waals surface area contributed by atoms with Crippen LogP contribution in [0.1, 0.15) is 12.5 Å². The molecule has 1 N–H and O–H groups in total. The second-order valence-electron chi connectivity index (χ2n) is 5.60. The van der Waals surface area contributed by atoms with E-state index in [0.29, 0.717) is 8.95 Å². The van der Waals surface area contributed by atoms with Crippen molar-refractivity contribution in [2.24, 2.45) is 5.10 Å². The molecule has 11 heteroatoms. The van der Waals surface area contributed by atoms with Crippen molar-refractivity contribution < 1.29 is 31.9 Å². The minimum absolute atomic E-state index is 0.0514. The van der Waals surface area contributed by atoms with E-state index in [9.17, 15) is 31.9 Å². The molecule has 0 bridgehead atoms. The molecule has 1 amide bonds. The topological polar surface area (TPSA) is 52.9 Å². The highest BCUT2D eigenvalue weighted by Crippen LogP contribution is 2.36. The molecule has 0 aromatic heterocycles. The van der Waals surface area contributed by atoms with Crippen molar-refractivity contribution >= 4 is 55.2 Å². The predicted molar refractivity (Wildman–Crippen MR) is 98.3 cm³/mol. The maximum absolute atomic E-state index is 14.0. The molecule has 4 nitrogen and oxygen atoms in total. The van der Waals surface area contributed by atoms with Gasteiger partial charge >= 0.3 is 0 Å². The van der Waals surface area contributed by atoms with Crippen molar-refractivity contribution in [1.82, 2.24) is 0 Å². The molecule has 0 spiro atoms. The molecule has 1 aliphatic rings. The van der Waals surface area contributed by atoms with Crippen LogP contribution in [0.3, 0.4) is 0 Å². The Bertz CT molecular complexity index is 1070. The second-order valence-corrected chi connectivity index (χ2v) is 7.37. The van der Waals surface area contributed by atoms with E-state index in [1.165, 1.54) is 25.1 Å². The van der Waals surface area contributed by atoms with Gasteiger partial charge in [-0.25, -0.2) is 22.0 Å². The molecule has 3 rings (SSSR count). The number of anilines is 1. The summed E-state index contributed by atoms with van der Waals surface area (Å²) in [6.07, 6.45) is 1.18. The third-order valence-electron chi connectivity index (χ3n) is 3.82. The highest BCUT2D eigenvalue weighted by atomic mass is 79.9. The molecule has 146 valence electrons. The molecule has 0 unspecified atom stereocenters. The van der Waals surface area contributed by atoms with Gasteiger partial charge in [0.2, 0.25) is 5.82 Å². The van der Waals surface area contributed by atoms with Crippen LogP contribution < -0.4 is 5.01 Å². The van der Waals surface area contributed by atoms with Gasteiger partial charge in [0.1, 0.15) is 11.4 Å². The van der Waals surface area contributed by atoms with Gasteiger partial charge in [0.05, 0.1) is 15.8 Å². The fraction of sp³-hybridized carbons (Fsp3) is 0.0588. The number of carbonyl (C=O) groups is 1. The molecule has 0 aliphatic carbocycles. The molecule has 1 aliphatic heterocycles.